The van der Waals surface area contributed by atoms with Gasteiger partial charge in [0.25, 0.3) is 0 Å². The molecule has 0 saturated carbocycles. The molecule has 0 atom stereocenters. The summed E-state index contributed by atoms with van der Waals surface area (Å²) in [6, 6.07) is 9.24. The Morgan fingerprint density at radius 3 is 2.50 bits per heavy atom. The van der Waals surface area contributed by atoms with E-state index in [9.17, 15) is 9.59 Å². The van der Waals surface area contributed by atoms with Crippen LogP contribution in [0, 0.1) is 0 Å². The quantitative estimate of drug-likeness (QED) is 0.773. The number of ether oxygens (including phenoxy) is 1. The number of hydrogen-bond donors (Lipinski definition) is 1. The molecule has 0 saturated heterocycles. The summed E-state index contributed by atoms with van der Waals surface area (Å²) in [4.78, 5) is 21.3. The van der Waals surface area contributed by atoms with Gasteiger partial charge in [-0.3, -0.25) is 10.1 Å². The van der Waals surface area contributed by atoms with E-state index in [1.165, 1.54) is 6.92 Å². The van der Waals surface area contributed by atoms with E-state index in [1.807, 2.05) is 35.6 Å². The van der Waals surface area contributed by atoms with Gasteiger partial charge in [0, 0.05) is 6.92 Å². The molecule has 0 aliphatic heterocycles. The predicted molar refractivity (Wildman–Crippen MR) is 50.4 cm³/mol. The molecule has 1 aromatic rings. The fraction of sp³-hybridized carbons (Fsp3) is 0.200. The van der Waals surface area contributed by atoms with Crippen LogP contribution in [-0.4, -0.2) is 12.0 Å². The number of amides is 2. The Balaban J connectivity index is 2.34. The Kier molecular flexibility index (Phi) is 3.67. The number of benzene rings is 1. The Bertz CT molecular complexity index is 321. The van der Waals surface area contributed by atoms with Gasteiger partial charge in [-0.2, -0.15) is 0 Å². The molecule has 1 aromatic carbocycles. The molecule has 14 heavy (non-hydrogen) atoms. The monoisotopic (exact) mass is 193 g/mol. The molecule has 0 aromatic heterocycles. The highest BCUT2D eigenvalue weighted by molar-refractivity contribution is 5.90. The molecule has 0 fully saturated rings. The van der Waals surface area contributed by atoms with Gasteiger partial charge in [-0.1, -0.05) is 30.3 Å². The summed E-state index contributed by atoms with van der Waals surface area (Å²) >= 11 is 0. The first-order chi connectivity index (χ1) is 6.68. The van der Waals surface area contributed by atoms with Crippen molar-refractivity contribution in [2.24, 2.45) is 0 Å². The van der Waals surface area contributed by atoms with Crippen molar-refractivity contribution in [3.8, 4) is 0 Å². The molecule has 1 rings (SSSR count). The molecule has 0 aliphatic carbocycles. The first kappa shape index (κ1) is 10.2. The van der Waals surface area contributed by atoms with Crippen LogP contribution in [-0.2, 0) is 16.1 Å². The lowest BCUT2D eigenvalue weighted by Gasteiger charge is -2.03. The van der Waals surface area contributed by atoms with Crippen molar-refractivity contribution < 1.29 is 14.3 Å². The Hall–Kier alpha value is -1.84. The van der Waals surface area contributed by atoms with Gasteiger partial charge < -0.3 is 4.74 Å². The Labute approximate surface area is 81.9 Å². The van der Waals surface area contributed by atoms with Crippen LogP contribution in [0.25, 0.3) is 0 Å². The molecule has 0 bridgehead atoms. The van der Waals surface area contributed by atoms with Crippen LogP contribution in [0.3, 0.4) is 0 Å². The zero-order valence-electron chi connectivity index (χ0n) is 7.82. The molecule has 0 radical (unpaired) electrons. The number of nitrogens with one attached hydrogen (secondary N) is 1. The standard InChI is InChI=1S/C10H11NO3/c1-8(12)11-10(13)14-7-9-5-3-2-4-6-9/h2-6H,7H2,1H3,(H,11,12,13). The van der Waals surface area contributed by atoms with Crippen molar-refractivity contribution in [2.45, 2.75) is 13.5 Å². The van der Waals surface area contributed by atoms with Crippen LogP contribution in [0.5, 0.6) is 0 Å². The second-order valence-electron chi connectivity index (χ2n) is 2.74. The molecule has 74 valence electrons. The summed E-state index contributed by atoms with van der Waals surface area (Å²) in [7, 11) is 0. The predicted octanol–water partition coefficient (Wildman–Crippen LogP) is 1.46. The largest absolute Gasteiger partial charge is 0.444 e. The highest BCUT2D eigenvalue weighted by Crippen LogP contribution is 2.00. The third-order valence-corrected chi connectivity index (χ3v) is 1.49. The molecule has 0 unspecified atom stereocenters. The van der Waals surface area contributed by atoms with Crippen LogP contribution in [0.2, 0.25) is 0 Å². The van der Waals surface area contributed by atoms with Crippen LogP contribution < -0.4 is 5.32 Å². The van der Waals surface area contributed by atoms with Gasteiger partial charge in [-0.15, -0.1) is 0 Å². The van der Waals surface area contributed by atoms with Crippen molar-refractivity contribution in [3.05, 3.63) is 35.9 Å². The minimum atomic E-state index is -0.721. The molecule has 0 aliphatic rings. The smallest absolute Gasteiger partial charge is 0.414 e. The maximum Gasteiger partial charge on any atom is 0.414 e. The molecule has 0 spiro atoms. The molecular weight excluding hydrogens is 182 g/mol. The summed E-state index contributed by atoms with van der Waals surface area (Å²) in [5.41, 5.74) is 0.881. The second kappa shape index (κ2) is 5.01. The number of imide groups is 1. The van der Waals surface area contributed by atoms with Crippen LogP contribution in [0.15, 0.2) is 30.3 Å². The molecule has 0 heterocycles. The summed E-state index contributed by atoms with van der Waals surface area (Å²) < 4.78 is 4.77. The van der Waals surface area contributed by atoms with Gasteiger partial charge in [0.15, 0.2) is 0 Å². The summed E-state index contributed by atoms with van der Waals surface area (Å²) in [6.45, 7) is 1.42. The van der Waals surface area contributed by atoms with Gasteiger partial charge in [0.2, 0.25) is 5.91 Å². The van der Waals surface area contributed by atoms with E-state index in [1.54, 1.807) is 0 Å². The van der Waals surface area contributed by atoms with Gasteiger partial charge >= 0.3 is 6.09 Å². The fourth-order valence-corrected chi connectivity index (χ4v) is 0.903. The van der Waals surface area contributed by atoms with Crippen molar-refractivity contribution in [1.82, 2.24) is 5.32 Å². The van der Waals surface area contributed by atoms with Crippen LogP contribution in [0.4, 0.5) is 4.79 Å². The molecule has 2 amide bonds. The third-order valence-electron chi connectivity index (χ3n) is 1.49. The minimum absolute atomic E-state index is 0.167. The fourth-order valence-electron chi connectivity index (χ4n) is 0.903. The normalized spacial score (nSPS) is 9.21. The van der Waals surface area contributed by atoms with E-state index in [0.717, 1.165) is 5.56 Å². The first-order valence-electron chi connectivity index (χ1n) is 4.17. The summed E-state index contributed by atoms with van der Waals surface area (Å²) in [6.07, 6.45) is -0.721. The second-order valence-corrected chi connectivity index (χ2v) is 2.74. The van der Waals surface area contributed by atoms with E-state index >= 15 is 0 Å². The van der Waals surface area contributed by atoms with E-state index in [4.69, 9.17) is 4.74 Å². The van der Waals surface area contributed by atoms with Crippen LogP contribution >= 0.6 is 0 Å². The van der Waals surface area contributed by atoms with Gasteiger partial charge in [-0.05, 0) is 5.56 Å². The molecule has 1 N–H and O–H groups in total. The van der Waals surface area contributed by atoms with Crippen LogP contribution in [0.1, 0.15) is 12.5 Å². The number of rotatable bonds is 2. The Morgan fingerprint density at radius 2 is 1.93 bits per heavy atom. The van der Waals surface area contributed by atoms with Gasteiger partial charge in [0.05, 0.1) is 0 Å². The highest BCUT2D eigenvalue weighted by atomic mass is 16.5. The van der Waals surface area contributed by atoms with Gasteiger partial charge in [-0.25, -0.2) is 4.79 Å². The highest BCUT2D eigenvalue weighted by Gasteiger charge is 2.03. The van der Waals surface area contributed by atoms with Crippen molar-refractivity contribution in [2.75, 3.05) is 0 Å². The summed E-state index contributed by atoms with van der Waals surface area (Å²) in [5.74, 6) is -0.428. The number of carbonyl (C=O) groups is 2. The average Bonchev–Trinajstić information content (AvgIpc) is 2.15. The Morgan fingerprint density at radius 1 is 1.29 bits per heavy atom. The maximum absolute atomic E-state index is 10.9. The lowest BCUT2D eigenvalue weighted by Crippen LogP contribution is -2.28. The van der Waals surface area contributed by atoms with E-state index in [2.05, 4.69) is 0 Å². The van der Waals surface area contributed by atoms with E-state index in [0.29, 0.717) is 0 Å². The van der Waals surface area contributed by atoms with Crippen molar-refractivity contribution >= 4 is 12.0 Å². The number of hydrogen-bond acceptors (Lipinski definition) is 3. The first-order valence-corrected chi connectivity index (χ1v) is 4.17. The number of carbonyl (C=O) groups excluding carboxylic acids is 2. The third kappa shape index (κ3) is 3.71. The topological polar surface area (TPSA) is 55.4 Å². The average molecular weight is 193 g/mol. The maximum atomic E-state index is 10.9. The van der Waals surface area contributed by atoms with Crippen molar-refractivity contribution in [1.29, 1.82) is 0 Å². The molecule has 4 heteroatoms. The zero-order chi connectivity index (χ0) is 10.4. The van der Waals surface area contributed by atoms with Gasteiger partial charge in [0.1, 0.15) is 6.61 Å². The molecule has 4 nitrogen and oxygen atoms in total. The zero-order valence-corrected chi connectivity index (χ0v) is 7.82. The lowest BCUT2D eigenvalue weighted by atomic mass is 10.2. The summed E-state index contributed by atoms with van der Waals surface area (Å²) in [5, 5.41) is 2.01. The minimum Gasteiger partial charge on any atom is -0.444 e. The van der Waals surface area contributed by atoms with E-state index in [-0.39, 0.29) is 6.61 Å². The SMILES string of the molecule is CC(=O)NC(=O)OCc1ccccc1. The lowest BCUT2D eigenvalue weighted by molar-refractivity contribution is -0.118. The van der Waals surface area contributed by atoms with E-state index < -0.39 is 12.0 Å². The molecular formula is C10H11NO3. The van der Waals surface area contributed by atoms with Crippen molar-refractivity contribution in [3.63, 3.8) is 0 Å². The number of alkyl carbamates (subject to hydrolysis) is 1.